The van der Waals surface area contributed by atoms with Crippen molar-refractivity contribution >= 4 is 11.6 Å². The quantitative estimate of drug-likeness (QED) is 0.760. The Bertz CT molecular complexity index is 559. The van der Waals surface area contributed by atoms with Gasteiger partial charge >= 0.3 is 0 Å². The Kier molecular flexibility index (Phi) is 6.17. The van der Waals surface area contributed by atoms with E-state index in [1.165, 1.54) is 0 Å². The molecule has 21 heavy (non-hydrogen) atoms. The molecule has 1 aromatic heterocycles. The molecule has 1 aromatic carbocycles. The lowest BCUT2D eigenvalue weighted by molar-refractivity contribution is 0.262. The van der Waals surface area contributed by atoms with Crippen LogP contribution in [-0.2, 0) is 6.54 Å². The first-order valence-corrected chi connectivity index (χ1v) is 7.45. The summed E-state index contributed by atoms with van der Waals surface area (Å²) >= 11 is 6.11. The molecule has 0 fully saturated rings. The first-order chi connectivity index (χ1) is 10.2. The molecule has 0 aliphatic carbocycles. The van der Waals surface area contributed by atoms with E-state index < -0.39 is 0 Å². The summed E-state index contributed by atoms with van der Waals surface area (Å²) in [6, 6.07) is 7.41. The minimum absolute atomic E-state index is 0.259. The van der Waals surface area contributed by atoms with E-state index >= 15 is 0 Å². The molecule has 0 spiro atoms. The lowest BCUT2D eigenvalue weighted by atomic mass is 10.2. The summed E-state index contributed by atoms with van der Waals surface area (Å²) in [4.78, 5) is 2.13. The van der Waals surface area contributed by atoms with Crippen LogP contribution >= 0.6 is 11.6 Å². The van der Waals surface area contributed by atoms with Gasteiger partial charge in [-0.2, -0.15) is 0 Å². The molecule has 0 saturated carbocycles. The highest BCUT2D eigenvalue weighted by Gasteiger charge is 2.12. The second-order valence-corrected chi connectivity index (χ2v) is 5.41. The van der Waals surface area contributed by atoms with Gasteiger partial charge in [0.25, 0.3) is 0 Å². The number of rotatable bonds is 8. The van der Waals surface area contributed by atoms with E-state index in [0.29, 0.717) is 23.3 Å². The zero-order chi connectivity index (χ0) is 15.1. The standard InChI is InChI=1S/C15H20ClN3O2/c1-19(9-5-2-6-10-20)11-14-17-18-15(21-14)12-7-3-4-8-13(12)16/h3-4,7-8,20H,2,5-6,9-11H2,1H3. The van der Waals surface area contributed by atoms with Crippen molar-refractivity contribution in [3.63, 3.8) is 0 Å². The molecule has 5 nitrogen and oxygen atoms in total. The van der Waals surface area contributed by atoms with E-state index in [4.69, 9.17) is 21.1 Å². The maximum absolute atomic E-state index is 8.74. The normalized spacial score (nSPS) is 11.2. The van der Waals surface area contributed by atoms with Crippen LogP contribution in [0.25, 0.3) is 11.5 Å². The van der Waals surface area contributed by atoms with Crippen LogP contribution in [0.1, 0.15) is 25.2 Å². The van der Waals surface area contributed by atoms with Crippen LogP contribution in [0.15, 0.2) is 28.7 Å². The molecule has 114 valence electrons. The molecule has 1 N–H and O–H groups in total. The maximum atomic E-state index is 8.74. The summed E-state index contributed by atoms with van der Waals surface area (Å²) in [5.74, 6) is 1.03. The molecule has 0 aliphatic heterocycles. The van der Waals surface area contributed by atoms with E-state index in [-0.39, 0.29) is 6.61 Å². The molecule has 1 heterocycles. The molecule has 0 bridgehead atoms. The van der Waals surface area contributed by atoms with Crippen LogP contribution in [0.4, 0.5) is 0 Å². The highest BCUT2D eigenvalue weighted by Crippen LogP contribution is 2.26. The summed E-state index contributed by atoms with van der Waals surface area (Å²) in [7, 11) is 2.01. The highest BCUT2D eigenvalue weighted by molar-refractivity contribution is 6.33. The van der Waals surface area contributed by atoms with E-state index in [0.717, 1.165) is 31.4 Å². The van der Waals surface area contributed by atoms with E-state index in [1.54, 1.807) is 6.07 Å². The monoisotopic (exact) mass is 309 g/mol. The van der Waals surface area contributed by atoms with E-state index in [2.05, 4.69) is 15.1 Å². The second kappa shape index (κ2) is 8.12. The highest BCUT2D eigenvalue weighted by atomic mass is 35.5. The molecule has 0 unspecified atom stereocenters. The molecule has 6 heteroatoms. The number of halogens is 1. The molecule has 0 aliphatic rings. The Labute approximate surface area is 129 Å². The Hall–Kier alpha value is -1.43. The zero-order valence-electron chi connectivity index (χ0n) is 12.1. The number of unbranched alkanes of at least 4 members (excludes halogenated alkanes) is 2. The maximum Gasteiger partial charge on any atom is 0.249 e. The van der Waals surface area contributed by atoms with Gasteiger partial charge < -0.3 is 9.52 Å². The van der Waals surface area contributed by atoms with Gasteiger partial charge in [0.05, 0.1) is 17.1 Å². The fraction of sp³-hybridized carbons (Fsp3) is 0.467. The molecule has 2 aromatic rings. The summed E-state index contributed by atoms with van der Waals surface area (Å²) in [5, 5.41) is 17.5. The topological polar surface area (TPSA) is 62.4 Å². The minimum Gasteiger partial charge on any atom is -0.419 e. The zero-order valence-corrected chi connectivity index (χ0v) is 12.9. The SMILES string of the molecule is CN(CCCCCO)Cc1nnc(-c2ccccc2Cl)o1. The van der Waals surface area contributed by atoms with Crippen molar-refractivity contribution in [2.75, 3.05) is 20.2 Å². The predicted molar refractivity (Wildman–Crippen MR) is 82.0 cm³/mol. The molecule has 0 amide bonds. The van der Waals surface area contributed by atoms with Crippen molar-refractivity contribution in [3.8, 4) is 11.5 Å². The smallest absolute Gasteiger partial charge is 0.249 e. The first-order valence-electron chi connectivity index (χ1n) is 7.07. The Balaban J connectivity index is 1.90. The van der Waals surface area contributed by atoms with E-state index in [9.17, 15) is 0 Å². The Morgan fingerprint density at radius 2 is 2.00 bits per heavy atom. The fourth-order valence-corrected chi connectivity index (χ4v) is 2.26. The van der Waals surface area contributed by atoms with E-state index in [1.807, 2.05) is 25.2 Å². The number of nitrogens with zero attached hydrogens (tertiary/aromatic N) is 3. The van der Waals surface area contributed by atoms with Crippen molar-refractivity contribution < 1.29 is 9.52 Å². The predicted octanol–water partition coefficient (Wildman–Crippen LogP) is 2.98. The Morgan fingerprint density at radius 1 is 1.19 bits per heavy atom. The van der Waals surface area contributed by atoms with Crippen LogP contribution in [0.5, 0.6) is 0 Å². The summed E-state index contributed by atoms with van der Waals surface area (Å²) in [5.41, 5.74) is 0.753. The van der Waals surface area contributed by atoms with Crippen LogP contribution in [0.2, 0.25) is 5.02 Å². The first kappa shape index (κ1) is 15.9. The molecule has 2 rings (SSSR count). The van der Waals surface area contributed by atoms with Gasteiger partial charge in [-0.1, -0.05) is 23.7 Å². The van der Waals surface area contributed by atoms with Crippen LogP contribution in [0, 0.1) is 0 Å². The number of hydrogen-bond acceptors (Lipinski definition) is 5. The lowest BCUT2D eigenvalue weighted by Crippen LogP contribution is -2.19. The molecular weight excluding hydrogens is 290 g/mol. The van der Waals surface area contributed by atoms with Crippen LogP contribution in [-0.4, -0.2) is 40.4 Å². The van der Waals surface area contributed by atoms with Gasteiger partial charge in [-0.15, -0.1) is 10.2 Å². The van der Waals surface area contributed by atoms with Crippen LogP contribution in [0.3, 0.4) is 0 Å². The van der Waals surface area contributed by atoms with Crippen molar-refractivity contribution in [1.29, 1.82) is 0 Å². The number of hydrogen-bond donors (Lipinski definition) is 1. The third-order valence-corrected chi connectivity index (χ3v) is 3.50. The van der Waals surface area contributed by atoms with Crippen molar-refractivity contribution in [2.24, 2.45) is 0 Å². The molecular formula is C15H20ClN3O2. The van der Waals surface area contributed by atoms with Gasteiger partial charge in [0, 0.05) is 6.61 Å². The molecule has 0 atom stereocenters. The van der Waals surface area contributed by atoms with Crippen molar-refractivity contribution in [2.45, 2.75) is 25.8 Å². The third kappa shape index (κ3) is 4.81. The van der Waals surface area contributed by atoms with Gasteiger partial charge in [0.1, 0.15) is 0 Å². The van der Waals surface area contributed by atoms with Gasteiger partial charge in [-0.05, 0) is 45.0 Å². The average molecular weight is 310 g/mol. The number of benzene rings is 1. The van der Waals surface area contributed by atoms with Gasteiger partial charge in [0.15, 0.2) is 0 Å². The number of aliphatic hydroxyl groups excluding tert-OH is 1. The fourth-order valence-electron chi connectivity index (χ4n) is 2.04. The molecule has 0 radical (unpaired) electrons. The largest absolute Gasteiger partial charge is 0.419 e. The minimum atomic E-state index is 0.259. The van der Waals surface area contributed by atoms with Gasteiger partial charge in [-0.3, -0.25) is 4.90 Å². The number of aliphatic hydroxyl groups is 1. The summed E-state index contributed by atoms with van der Waals surface area (Å²) in [6.07, 6.45) is 2.92. The van der Waals surface area contributed by atoms with Crippen molar-refractivity contribution in [1.82, 2.24) is 15.1 Å². The summed E-state index contributed by atoms with van der Waals surface area (Å²) < 4.78 is 5.66. The third-order valence-electron chi connectivity index (χ3n) is 3.17. The average Bonchev–Trinajstić information content (AvgIpc) is 2.92. The lowest BCUT2D eigenvalue weighted by Gasteiger charge is -2.13. The molecule has 0 saturated heterocycles. The van der Waals surface area contributed by atoms with Gasteiger partial charge in [0.2, 0.25) is 11.8 Å². The van der Waals surface area contributed by atoms with Crippen LogP contribution < -0.4 is 0 Å². The van der Waals surface area contributed by atoms with Gasteiger partial charge in [-0.25, -0.2) is 0 Å². The number of aromatic nitrogens is 2. The summed E-state index contributed by atoms with van der Waals surface area (Å²) in [6.45, 7) is 1.80. The second-order valence-electron chi connectivity index (χ2n) is 5.00. The van der Waals surface area contributed by atoms with Crippen molar-refractivity contribution in [3.05, 3.63) is 35.2 Å². The Morgan fingerprint density at radius 3 is 2.76 bits per heavy atom.